The van der Waals surface area contributed by atoms with Crippen molar-refractivity contribution in [2.24, 2.45) is 0 Å². The first-order valence-electron chi connectivity index (χ1n) is 5.19. The van der Waals surface area contributed by atoms with E-state index in [1.807, 2.05) is 6.92 Å². The highest BCUT2D eigenvalue weighted by Gasteiger charge is 2.08. The highest BCUT2D eigenvalue weighted by atomic mass is 16.5. The first kappa shape index (κ1) is 12.7. The number of hydrogen-bond acceptors (Lipinski definition) is 6. The van der Waals surface area contributed by atoms with Crippen LogP contribution in [0.25, 0.3) is 0 Å². The van der Waals surface area contributed by atoms with Crippen LogP contribution in [0, 0.1) is 0 Å². The fraction of sp³-hybridized carbons (Fsp3) is 0.600. The van der Waals surface area contributed by atoms with E-state index in [0.29, 0.717) is 30.5 Å². The molecule has 6 nitrogen and oxygen atoms in total. The van der Waals surface area contributed by atoms with Crippen molar-refractivity contribution < 1.29 is 9.84 Å². The van der Waals surface area contributed by atoms with Crippen LogP contribution in [0.5, 0.6) is 0 Å². The van der Waals surface area contributed by atoms with E-state index in [1.165, 1.54) is 0 Å². The third kappa shape index (κ3) is 3.63. The highest BCUT2D eigenvalue weighted by molar-refractivity contribution is 5.45. The van der Waals surface area contributed by atoms with Gasteiger partial charge in [0, 0.05) is 19.6 Å². The molecule has 0 saturated carbocycles. The summed E-state index contributed by atoms with van der Waals surface area (Å²) in [6, 6.07) is 1.45. The van der Waals surface area contributed by atoms with Gasteiger partial charge in [0.2, 0.25) is 0 Å². The Morgan fingerprint density at radius 2 is 2.31 bits per heavy atom. The van der Waals surface area contributed by atoms with E-state index in [-0.39, 0.29) is 12.6 Å². The quantitative estimate of drug-likeness (QED) is 0.634. The molecule has 0 bridgehead atoms. The number of nitrogens with two attached hydrogens (primary N) is 1. The fourth-order valence-electron chi connectivity index (χ4n) is 1.30. The maximum absolute atomic E-state index is 9.10. The minimum Gasteiger partial charge on any atom is -0.394 e. The summed E-state index contributed by atoms with van der Waals surface area (Å²) in [6.07, 6.45) is 0.716. The third-order valence-electron chi connectivity index (χ3n) is 2.05. The van der Waals surface area contributed by atoms with Gasteiger partial charge in [-0.25, -0.2) is 9.97 Å². The molecule has 1 unspecified atom stereocenters. The topological polar surface area (TPSA) is 93.3 Å². The summed E-state index contributed by atoms with van der Waals surface area (Å²) in [5.41, 5.74) is 5.64. The average molecular weight is 226 g/mol. The second-order valence-corrected chi connectivity index (χ2v) is 3.43. The van der Waals surface area contributed by atoms with Crippen molar-refractivity contribution in [2.75, 3.05) is 31.4 Å². The molecule has 90 valence electrons. The van der Waals surface area contributed by atoms with Gasteiger partial charge in [0.15, 0.2) is 0 Å². The molecule has 1 atom stereocenters. The maximum Gasteiger partial charge on any atom is 0.132 e. The molecule has 1 aromatic heterocycles. The van der Waals surface area contributed by atoms with E-state index < -0.39 is 0 Å². The van der Waals surface area contributed by atoms with Gasteiger partial charge in [0.05, 0.1) is 19.3 Å². The van der Waals surface area contributed by atoms with Gasteiger partial charge in [0.1, 0.15) is 17.5 Å². The lowest BCUT2D eigenvalue weighted by Crippen LogP contribution is -2.29. The first-order valence-corrected chi connectivity index (χ1v) is 5.19. The number of methoxy groups -OCH3 is 1. The number of hydrogen-bond donors (Lipinski definition) is 3. The van der Waals surface area contributed by atoms with E-state index in [1.54, 1.807) is 13.2 Å². The lowest BCUT2D eigenvalue weighted by Gasteiger charge is -2.16. The predicted molar refractivity (Wildman–Crippen MR) is 62.2 cm³/mol. The Balaban J connectivity index is 2.74. The number of aliphatic hydroxyl groups is 1. The molecular weight excluding hydrogens is 208 g/mol. The Hall–Kier alpha value is -1.40. The van der Waals surface area contributed by atoms with Gasteiger partial charge in [0.25, 0.3) is 0 Å². The number of nitrogens with zero attached hydrogens (tertiary/aromatic N) is 2. The number of rotatable bonds is 6. The number of aromatic nitrogens is 2. The number of nitrogen functional groups attached to an aromatic ring is 1. The minimum absolute atomic E-state index is 0.0286. The summed E-state index contributed by atoms with van der Waals surface area (Å²) in [4.78, 5) is 8.32. The monoisotopic (exact) mass is 226 g/mol. The molecule has 0 aliphatic carbocycles. The van der Waals surface area contributed by atoms with Gasteiger partial charge in [-0.1, -0.05) is 6.92 Å². The second kappa shape index (κ2) is 6.24. The van der Waals surface area contributed by atoms with Crippen molar-refractivity contribution in [1.29, 1.82) is 0 Å². The van der Waals surface area contributed by atoms with E-state index >= 15 is 0 Å². The molecule has 0 aliphatic rings. The normalized spacial score (nSPS) is 12.4. The van der Waals surface area contributed by atoms with Crippen LogP contribution in [-0.4, -0.2) is 41.4 Å². The van der Waals surface area contributed by atoms with Crippen LogP contribution < -0.4 is 11.1 Å². The van der Waals surface area contributed by atoms with Gasteiger partial charge in [-0.05, 0) is 0 Å². The summed E-state index contributed by atoms with van der Waals surface area (Å²) < 4.78 is 4.96. The molecule has 1 aromatic rings. The van der Waals surface area contributed by atoms with Gasteiger partial charge in [-0.2, -0.15) is 0 Å². The molecule has 0 radical (unpaired) electrons. The molecule has 0 amide bonds. The maximum atomic E-state index is 9.10. The average Bonchev–Trinajstić information content (AvgIpc) is 2.27. The minimum atomic E-state index is -0.191. The van der Waals surface area contributed by atoms with Crippen molar-refractivity contribution >= 4 is 11.6 Å². The Morgan fingerprint density at radius 3 is 2.88 bits per heavy atom. The van der Waals surface area contributed by atoms with Crippen molar-refractivity contribution in [2.45, 2.75) is 19.4 Å². The molecule has 0 fully saturated rings. The second-order valence-electron chi connectivity index (χ2n) is 3.43. The predicted octanol–water partition coefficient (Wildman–Crippen LogP) is 0.0404. The van der Waals surface area contributed by atoms with Gasteiger partial charge in [-0.15, -0.1) is 0 Å². The van der Waals surface area contributed by atoms with Gasteiger partial charge < -0.3 is 20.9 Å². The number of aliphatic hydroxyl groups excluding tert-OH is 1. The molecule has 0 aromatic carbocycles. The molecule has 0 aliphatic heterocycles. The lowest BCUT2D eigenvalue weighted by molar-refractivity contribution is 0.153. The van der Waals surface area contributed by atoms with E-state index in [4.69, 9.17) is 15.6 Å². The molecule has 16 heavy (non-hydrogen) atoms. The van der Waals surface area contributed by atoms with Crippen LogP contribution in [0.2, 0.25) is 0 Å². The van der Waals surface area contributed by atoms with Crippen LogP contribution in [0.15, 0.2) is 6.07 Å². The van der Waals surface area contributed by atoms with Crippen LogP contribution >= 0.6 is 0 Å². The zero-order valence-corrected chi connectivity index (χ0v) is 9.60. The SMILES string of the molecule is CCc1nc(N)cc(NC(CO)COC)n1. The summed E-state index contributed by atoms with van der Waals surface area (Å²) in [5, 5.41) is 12.1. The van der Waals surface area contributed by atoms with E-state index in [0.717, 1.165) is 0 Å². The zero-order valence-electron chi connectivity index (χ0n) is 9.60. The van der Waals surface area contributed by atoms with Crippen molar-refractivity contribution in [3.63, 3.8) is 0 Å². The number of nitrogens with one attached hydrogen (secondary N) is 1. The van der Waals surface area contributed by atoms with Crippen LogP contribution in [0.4, 0.5) is 11.6 Å². The lowest BCUT2D eigenvalue weighted by atomic mass is 10.3. The molecule has 1 rings (SSSR count). The molecule has 0 saturated heterocycles. The summed E-state index contributed by atoms with van der Waals surface area (Å²) in [5.74, 6) is 1.71. The smallest absolute Gasteiger partial charge is 0.132 e. The van der Waals surface area contributed by atoms with E-state index in [9.17, 15) is 0 Å². The van der Waals surface area contributed by atoms with Crippen molar-refractivity contribution in [3.8, 4) is 0 Å². The van der Waals surface area contributed by atoms with Crippen LogP contribution in [0.1, 0.15) is 12.7 Å². The molecule has 1 heterocycles. The molecule has 6 heteroatoms. The Bertz CT molecular complexity index is 333. The Kier molecular flexibility index (Phi) is 4.94. The molecule has 0 spiro atoms. The van der Waals surface area contributed by atoms with Gasteiger partial charge >= 0.3 is 0 Å². The number of aryl methyl sites for hydroxylation is 1. The Morgan fingerprint density at radius 1 is 1.56 bits per heavy atom. The molecular formula is C10H18N4O2. The highest BCUT2D eigenvalue weighted by Crippen LogP contribution is 2.10. The summed E-state index contributed by atoms with van der Waals surface area (Å²) in [7, 11) is 1.58. The van der Waals surface area contributed by atoms with Crippen LogP contribution in [0.3, 0.4) is 0 Å². The van der Waals surface area contributed by atoms with Crippen LogP contribution in [-0.2, 0) is 11.2 Å². The first-order chi connectivity index (χ1) is 7.69. The Labute approximate surface area is 94.9 Å². The summed E-state index contributed by atoms with van der Waals surface area (Å²) >= 11 is 0. The number of ether oxygens (including phenoxy) is 1. The zero-order chi connectivity index (χ0) is 12.0. The number of anilines is 2. The summed E-state index contributed by atoms with van der Waals surface area (Å²) in [6.45, 7) is 2.33. The van der Waals surface area contributed by atoms with Gasteiger partial charge in [-0.3, -0.25) is 0 Å². The standard InChI is InChI=1S/C10H18N4O2/c1-3-9-13-8(11)4-10(14-9)12-7(5-15)6-16-2/h4,7,15H,3,5-6H2,1-2H3,(H3,11,12,13,14). The van der Waals surface area contributed by atoms with Crippen molar-refractivity contribution in [3.05, 3.63) is 11.9 Å². The molecule has 4 N–H and O–H groups in total. The fourth-order valence-corrected chi connectivity index (χ4v) is 1.30. The largest absolute Gasteiger partial charge is 0.394 e. The third-order valence-corrected chi connectivity index (χ3v) is 2.05. The van der Waals surface area contributed by atoms with E-state index in [2.05, 4.69) is 15.3 Å². The van der Waals surface area contributed by atoms with Crippen molar-refractivity contribution in [1.82, 2.24) is 9.97 Å².